The van der Waals surface area contributed by atoms with Gasteiger partial charge in [-0.25, -0.2) is 13.6 Å². The van der Waals surface area contributed by atoms with Gasteiger partial charge in [0.25, 0.3) is 0 Å². The molecule has 0 aliphatic heterocycles. The van der Waals surface area contributed by atoms with Gasteiger partial charge in [0.15, 0.2) is 0 Å². The Morgan fingerprint density at radius 3 is 2.52 bits per heavy atom. The van der Waals surface area contributed by atoms with E-state index in [9.17, 15) is 13.6 Å². The summed E-state index contributed by atoms with van der Waals surface area (Å²) >= 11 is 0. The van der Waals surface area contributed by atoms with Crippen LogP contribution < -0.4 is 11.1 Å². The Morgan fingerprint density at radius 1 is 1.24 bits per heavy atom. The number of nitrogens with one attached hydrogen (secondary N) is 1. The molecule has 2 rings (SSSR count). The van der Waals surface area contributed by atoms with Gasteiger partial charge >= 0.3 is 5.97 Å². The topological polar surface area (TPSA) is 64.3 Å². The Hall–Kier alpha value is -2.63. The summed E-state index contributed by atoms with van der Waals surface area (Å²) in [6, 6.07) is 7.91. The molecular formula is C15H14F2N2O2. The Labute approximate surface area is 120 Å². The molecule has 0 aromatic heterocycles. The first-order chi connectivity index (χ1) is 10.0. The van der Waals surface area contributed by atoms with Crippen LogP contribution in [-0.4, -0.2) is 12.6 Å². The number of para-hydroxylation sites is 1. The minimum atomic E-state index is -0.732. The van der Waals surface area contributed by atoms with E-state index in [1.807, 2.05) is 0 Å². The molecule has 2 aromatic carbocycles. The molecule has 0 unspecified atom stereocenters. The fourth-order valence-electron chi connectivity index (χ4n) is 1.78. The molecule has 0 aliphatic carbocycles. The van der Waals surface area contributed by atoms with Crippen LogP contribution in [-0.2, 0) is 4.74 Å². The van der Waals surface area contributed by atoms with Crippen LogP contribution in [0.4, 0.5) is 25.8 Å². The molecule has 0 bridgehead atoms. The number of ether oxygens (including phenoxy) is 1. The molecule has 110 valence electrons. The van der Waals surface area contributed by atoms with Crippen LogP contribution in [0.25, 0.3) is 0 Å². The first-order valence-electron chi connectivity index (χ1n) is 6.30. The zero-order chi connectivity index (χ0) is 15.4. The number of carbonyl (C=O) groups excluding carboxylic acids is 1. The lowest BCUT2D eigenvalue weighted by molar-refractivity contribution is 0.0527. The summed E-state index contributed by atoms with van der Waals surface area (Å²) in [5, 5.41) is 2.59. The number of anilines is 3. The van der Waals surface area contributed by atoms with Gasteiger partial charge < -0.3 is 15.8 Å². The molecule has 3 N–H and O–H groups in total. The smallest absolute Gasteiger partial charge is 0.340 e. The molecule has 0 radical (unpaired) electrons. The highest BCUT2D eigenvalue weighted by molar-refractivity contribution is 5.96. The van der Waals surface area contributed by atoms with Gasteiger partial charge in [-0.2, -0.15) is 0 Å². The Bertz CT molecular complexity index is 654. The Balaban J connectivity index is 2.33. The van der Waals surface area contributed by atoms with Crippen molar-refractivity contribution in [1.82, 2.24) is 0 Å². The van der Waals surface area contributed by atoms with E-state index >= 15 is 0 Å². The SMILES string of the molecule is CCOC(=O)c1cc(Nc2c(F)cccc2F)ccc1N. The lowest BCUT2D eigenvalue weighted by atomic mass is 10.1. The molecule has 0 aliphatic rings. The van der Waals surface area contributed by atoms with Crippen LogP contribution in [0.5, 0.6) is 0 Å². The van der Waals surface area contributed by atoms with Crippen molar-refractivity contribution in [3.05, 3.63) is 53.6 Å². The fraction of sp³-hybridized carbons (Fsp3) is 0.133. The van der Waals surface area contributed by atoms with Crippen molar-refractivity contribution in [3.8, 4) is 0 Å². The molecule has 0 atom stereocenters. The maximum atomic E-state index is 13.6. The number of hydrogen-bond acceptors (Lipinski definition) is 4. The summed E-state index contributed by atoms with van der Waals surface area (Å²) in [7, 11) is 0. The highest BCUT2D eigenvalue weighted by Crippen LogP contribution is 2.25. The highest BCUT2D eigenvalue weighted by atomic mass is 19.1. The molecule has 0 saturated heterocycles. The lowest BCUT2D eigenvalue weighted by Gasteiger charge is -2.11. The van der Waals surface area contributed by atoms with Gasteiger partial charge in [-0.1, -0.05) is 6.07 Å². The third kappa shape index (κ3) is 3.28. The van der Waals surface area contributed by atoms with Crippen molar-refractivity contribution in [3.63, 3.8) is 0 Å². The summed E-state index contributed by atoms with van der Waals surface area (Å²) in [4.78, 5) is 11.7. The van der Waals surface area contributed by atoms with Crippen LogP contribution >= 0.6 is 0 Å². The maximum absolute atomic E-state index is 13.6. The van der Waals surface area contributed by atoms with E-state index in [2.05, 4.69) is 5.32 Å². The predicted octanol–water partition coefficient (Wildman–Crippen LogP) is 3.47. The largest absolute Gasteiger partial charge is 0.462 e. The molecule has 0 heterocycles. The van der Waals surface area contributed by atoms with Crippen molar-refractivity contribution in [2.24, 2.45) is 0 Å². The van der Waals surface area contributed by atoms with E-state index in [0.29, 0.717) is 5.69 Å². The number of esters is 1. The van der Waals surface area contributed by atoms with Crippen molar-refractivity contribution in [1.29, 1.82) is 0 Å². The van der Waals surface area contributed by atoms with Crippen molar-refractivity contribution in [2.45, 2.75) is 6.92 Å². The summed E-state index contributed by atoms with van der Waals surface area (Å²) in [6.07, 6.45) is 0. The number of benzene rings is 2. The Kier molecular flexibility index (Phi) is 4.37. The molecule has 0 saturated carbocycles. The van der Waals surface area contributed by atoms with Gasteiger partial charge in [-0.3, -0.25) is 0 Å². The lowest BCUT2D eigenvalue weighted by Crippen LogP contribution is -2.08. The van der Waals surface area contributed by atoms with Crippen LogP contribution in [0.1, 0.15) is 17.3 Å². The van der Waals surface area contributed by atoms with E-state index in [-0.39, 0.29) is 23.5 Å². The molecule has 6 heteroatoms. The number of hydrogen-bond donors (Lipinski definition) is 2. The van der Waals surface area contributed by atoms with Crippen LogP contribution in [0, 0.1) is 11.6 Å². The summed E-state index contributed by atoms with van der Waals surface area (Å²) < 4.78 is 32.0. The van der Waals surface area contributed by atoms with E-state index in [1.165, 1.54) is 24.3 Å². The molecule has 0 amide bonds. The first-order valence-corrected chi connectivity index (χ1v) is 6.30. The standard InChI is InChI=1S/C15H14F2N2O2/c1-2-21-15(20)10-8-9(6-7-13(10)18)19-14-11(16)4-3-5-12(14)17/h3-8,19H,2,18H2,1H3. The van der Waals surface area contributed by atoms with Crippen molar-refractivity contribution >= 4 is 23.0 Å². The number of halogens is 2. The summed E-state index contributed by atoms with van der Waals surface area (Å²) in [6.45, 7) is 1.88. The van der Waals surface area contributed by atoms with Crippen LogP contribution in [0.3, 0.4) is 0 Å². The number of nitrogens with two attached hydrogens (primary N) is 1. The fourth-order valence-corrected chi connectivity index (χ4v) is 1.78. The second-order valence-electron chi connectivity index (χ2n) is 4.24. The zero-order valence-corrected chi connectivity index (χ0v) is 11.3. The third-order valence-electron chi connectivity index (χ3n) is 2.78. The maximum Gasteiger partial charge on any atom is 0.340 e. The van der Waals surface area contributed by atoms with Gasteiger partial charge in [-0.05, 0) is 37.3 Å². The second-order valence-corrected chi connectivity index (χ2v) is 4.24. The predicted molar refractivity (Wildman–Crippen MR) is 76.5 cm³/mol. The van der Waals surface area contributed by atoms with Gasteiger partial charge in [0.05, 0.1) is 12.2 Å². The third-order valence-corrected chi connectivity index (χ3v) is 2.78. The van der Waals surface area contributed by atoms with Crippen molar-refractivity contribution < 1.29 is 18.3 Å². The van der Waals surface area contributed by atoms with Crippen LogP contribution in [0.15, 0.2) is 36.4 Å². The first kappa shape index (κ1) is 14.8. The molecule has 21 heavy (non-hydrogen) atoms. The average molecular weight is 292 g/mol. The van der Waals surface area contributed by atoms with Crippen LogP contribution in [0.2, 0.25) is 0 Å². The molecule has 0 fully saturated rings. The van der Waals surface area contributed by atoms with Gasteiger partial charge in [0.1, 0.15) is 17.3 Å². The molecule has 4 nitrogen and oxygen atoms in total. The van der Waals surface area contributed by atoms with Gasteiger partial charge in [0, 0.05) is 11.4 Å². The monoisotopic (exact) mass is 292 g/mol. The van der Waals surface area contributed by atoms with Gasteiger partial charge in [-0.15, -0.1) is 0 Å². The minimum Gasteiger partial charge on any atom is -0.462 e. The molecule has 2 aromatic rings. The minimum absolute atomic E-state index is 0.138. The van der Waals surface area contributed by atoms with E-state index in [0.717, 1.165) is 12.1 Å². The van der Waals surface area contributed by atoms with Gasteiger partial charge in [0.2, 0.25) is 0 Å². The number of rotatable bonds is 4. The van der Waals surface area contributed by atoms with Crippen molar-refractivity contribution in [2.75, 3.05) is 17.7 Å². The average Bonchev–Trinajstić information content (AvgIpc) is 2.45. The zero-order valence-electron chi connectivity index (χ0n) is 11.3. The quantitative estimate of drug-likeness (QED) is 0.669. The summed E-state index contributed by atoms with van der Waals surface area (Å²) in [5.74, 6) is -2.05. The normalized spacial score (nSPS) is 10.2. The number of carbonyl (C=O) groups is 1. The number of nitrogen functional groups attached to an aromatic ring is 1. The van der Waals surface area contributed by atoms with E-state index in [1.54, 1.807) is 6.92 Å². The second kappa shape index (κ2) is 6.21. The molecular weight excluding hydrogens is 278 g/mol. The van der Waals surface area contributed by atoms with E-state index < -0.39 is 17.6 Å². The Morgan fingerprint density at radius 2 is 1.90 bits per heavy atom. The highest BCUT2D eigenvalue weighted by Gasteiger charge is 2.13. The summed E-state index contributed by atoms with van der Waals surface area (Å²) in [5.41, 5.74) is 6.10. The van der Waals surface area contributed by atoms with E-state index in [4.69, 9.17) is 10.5 Å². The molecule has 0 spiro atoms.